The van der Waals surface area contributed by atoms with Crippen LogP contribution < -0.4 is 5.32 Å². The van der Waals surface area contributed by atoms with Crippen LogP contribution in [-0.2, 0) is 10.9 Å². The van der Waals surface area contributed by atoms with Crippen LogP contribution in [0.15, 0.2) is 24.3 Å². The van der Waals surface area contributed by atoms with E-state index in [4.69, 9.17) is 4.74 Å². The van der Waals surface area contributed by atoms with E-state index in [0.717, 1.165) is 25.5 Å². The van der Waals surface area contributed by atoms with Gasteiger partial charge in [0.05, 0.1) is 11.2 Å². The first-order valence-corrected chi connectivity index (χ1v) is 6.85. The summed E-state index contributed by atoms with van der Waals surface area (Å²) in [6.07, 6.45) is -2.38. The summed E-state index contributed by atoms with van der Waals surface area (Å²) in [7, 11) is 0. The predicted molar refractivity (Wildman–Crippen MR) is 71.5 cm³/mol. The van der Waals surface area contributed by atoms with Crippen molar-refractivity contribution >= 4 is 0 Å². The number of hydrogen-bond donors (Lipinski definition) is 1. The van der Waals surface area contributed by atoms with Crippen molar-refractivity contribution in [3.05, 3.63) is 35.4 Å². The van der Waals surface area contributed by atoms with E-state index in [2.05, 4.69) is 5.32 Å². The predicted octanol–water partition coefficient (Wildman–Crippen LogP) is 3.93. The number of rotatable bonds is 4. The average Bonchev–Trinajstić information content (AvgIpc) is 2.82. The lowest BCUT2D eigenvalue weighted by Crippen LogP contribution is -2.38. The quantitative estimate of drug-likeness (QED) is 0.906. The van der Waals surface area contributed by atoms with E-state index in [1.54, 1.807) is 13.0 Å². The van der Waals surface area contributed by atoms with E-state index in [9.17, 15) is 13.2 Å². The van der Waals surface area contributed by atoms with Crippen LogP contribution in [-0.4, -0.2) is 18.8 Å². The summed E-state index contributed by atoms with van der Waals surface area (Å²) >= 11 is 0. The zero-order valence-electron chi connectivity index (χ0n) is 11.8. The van der Waals surface area contributed by atoms with E-state index < -0.39 is 11.7 Å². The van der Waals surface area contributed by atoms with Crippen LogP contribution in [0.3, 0.4) is 0 Å². The summed E-state index contributed by atoms with van der Waals surface area (Å²) < 4.78 is 44.6. The van der Waals surface area contributed by atoms with Gasteiger partial charge in [-0.2, -0.15) is 13.2 Å². The fourth-order valence-electron chi connectivity index (χ4n) is 2.59. The molecule has 20 heavy (non-hydrogen) atoms. The van der Waals surface area contributed by atoms with Crippen molar-refractivity contribution in [1.82, 2.24) is 5.32 Å². The van der Waals surface area contributed by atoms with Gasteiger partial charge < -0.3 is 10.1 Å². The van der Waals surface area contributed by atoms with E-state index in [-0.39, 0.29) is 17.2 Å². The van der Waals surface area contributed by atoms with Gasteiger partial charge in [0.15, 0.2) is 0 Å². The highest BCUT2D eigenvalue weighted by molar-refractivity contribution is 5.32. The molecule has 2 rings (SSSR count). The molecule has 0 aromatic heterocycles. The highest BCUT2D eigenvalue weighted by Crippen LogP contribution is 2.34. The third-order valence-corrected chi connectivity index (χ3v) is 3.82. The number of hydrogen-bond acceptors (Lipinski definition) is 2. The van der Waals surface area contributed by atoms with Gasteiger partial charge in [0.2, 0.25) is 0 Å². The lowest BCUT2D eigenvalue weighted by molar-refractivity contribution is -0.138. The number of halogens is 3. The van der Waals surface area contributed by atoms with Crippen LogP contribution in [0.4, 0.5) is 13.2 Å². The van der Waals surface area contributed by atoms with E-state index in [0.29, 0.717) is 6.54 Å². The Kier molecular flexibility index (Phi) is 4.39. The molecule has 2 atom stereocenters. The van der Waals surface area contributed by atoms with Crippen LogP contribution in [0.1, 0.15) is 43.9 Å². The maximum atomic E-state index is 13.0. The minimum Gasteiger partial charge on any atom is -0.374 e. The summed E-state index contributed by atoms with van der Waals surface area (Å²) in [4.78, 5) is 0. The zero-order chi connectivity index (χ0) is 14.8. The first kappa shape index (κ1) is 15.3. The van der Waals surface area contributed by atoms with Gasteiger partial charge in [-0.3, -0.25) is 0 Å². The van der Waals surface area contributed by atoms with Crippen molar-refractivity contribution < 1.29 is 17.9 Å². The summed E-state index contributed by atoms with van der Waals surface area (Å²) in [5, 5.41) is 3.17. The van der Waals surface area contributed by atoms with E-state index >= 15 is 0 Å². The number of nitrogens with one attached hydrogen (secondary N) is 1. The summed E-state index contributed by atoms with van der Waals surface area (Å²) in [5.74, 6) is 0. The van der Waals surface area contributed by atoms with Crippen LogP contribution in [0, 0.1) is 0 Å². The zero-order valence-corrected chi connectivity index (χ0v) is 11.8. The fourth-order valence-corrected chi connectivity index (χ4v) is 2.59. The fraction of sp³-hybridized carbons (Fsp3) is 0.600. The van der Waals surface area contributed by atoms with Crippen molar-refractivity contribution in [3.8, 4) is 0 Å². The lowest BCUT2D eigenvalue weighted by Gasteiger charge is -2.27. The molecule has 1 aliphatic rings. The Hall–Kier alpha value is -1.07. The van der Waals surface area contributed by atoms with Crippen molar-refractivity contribution in [2.75, 3.05) is 13.2 Å². The van der Waals surface area contributed by atoms with Gasteiger partial charge in [-0.05, 0) is 38.3 Å². The molecule has 2 nitrogen and oxygen atoms in total. The largest absolute Gasteiger partial charge is 0.416 e. The van der Waals surface area contributed by atoms with Crippen molar-refractivity contribution in [2.45, 2.75) is 44.5 Å². The first-order chi connectivity index (χ1) is 9.32. The number of benzene rings is 1. The molecule has 0 radical (unpaired) electrons. The molecule has 112 valence electrons. The summed E-state index contributed by atoms with van der Waals surface area (Å²) in [5.41, 5.74) is -0.555. The molecule has 1 heterocycles. The Labute approximate surface area is 117 Å². The van der Waals surface area contributed by atoms with Gasteiger partial charge in [-0.15, -0.1) is 0 Å². The number of ether oxygens (including phenoxy) is 1. The second kappa shape index (κ2) is 5.74. The van der Waals surface area contributed by atoms with Crippen LogP contribution in [0.25, 0.3) is 0 Å². The van der Waals surface area contributed by atoms with Crippen LogP contribution in [0.2, 0.25) is 0 Å². The van der Waals surface area contributed by atoms with Crippen molar-refractivity contribution in [1.29, 1.82) is 0 Å². The molecule has 0 bridgehead atoms. The molecule has 0 aliphatic carbocycles. The molecule has 0 saturated carbocycles. The molecule has 1 N–H and O–H groups in total. The highest BCUT2D eigenvalue weighted by Gasteiger charge is 2.35. The number of alkyl halides is 3. The maximum Gasteiger partial charge on any atom is 0.416 e. The molecule has 1 aliphatic heterocycles. The molecular weight excluding hydrogens is 267 g/mol. The van der Waals surface area contributed by atoms with Gasteiger partial charge in [0, 0.05) is 19.2 Å². The van der Waals surface area contributed by atoms with Crippen LogP contribution >= 0.6 is 0 Å². The molecule has 1 aromatic carbocycles. The molecule has 1 fully saturated rings. The molecule has 0 spiro atoms. The summed E-state index contributed by atoms with van der Waals surface area (Å²) in [6, 6.07) is 5.34. The Balaban J connectivity index is 2.07. The SMILES string of the molecule is CC(NCC1(C)CCCO1)c1ccccc1C(F)(F)F. The van der Waals surface area contributed by atoms with Gasteiger partial charge >= 0.3 is 6.18 Å². The molecule has 5 heteroatoms. The van der Waals surface area contributed by atoms with Crippen molar-refractivity contribution in [2.24, 2.45) is 0 Å². The van der Waals surface area contributed by atoms with E-state index in [1.807, 2.05) is 6.92 Å². The Morgan fingerprint density at radius 1 is 1.35 bits per heavy atom. The smallest absolute Gasteiger partial charge is 0.374 e. The Bertz CT molecular complexity index is 453. The van der Waals surface area contributed by atoms with Gasteiger partial charge in [0.25, 0.3) is 0 Å². The van der Waals surface area contributed by atoms with Gasteiger partial charge in [-0.25, -0.2) is 0 Å². The second-order valence-electron chi connectivity index (χ2n) is 5.59. The monoisotopic (exact) mass is 287 g/mol. The lowest BCUT2D eigenvalue weighted by atomic mass is 9.98. The normalized spacial score (nSPS) is 24.9. The van der Waals surface area contributed by atoms with Crippen LogP contribution in [0.5, 0.6) is 0 Å². The van der Waals surface area contributed by atoms with E-state index in [1.165, 1.54) is 12.1 Å². The standard InChI is InChI=1S/C15H20F3NO/c1-11(19-10-14(2)8-5-9-20-14)12-6-3-4-7-13(12)15(16,17)18/h3-4,6-7,11,19H,5,8-10H2,1-2H3. The second-order valence-corrected chi connectivity index (χ2v) is 5.59. The highest BCUT2D eigenvalue weighted by atomic mass is 19.4. The van der Waals surface area contributed by atoms with Gasteiger partial charge in [0.1, 0.15) is 0 Å². The molecule has 2 unspecified atom stereocenters. The third kappa shape index (κ3) is 3.52. The Morgan fingerprint density at radius 2 is 2.05 bits per heavy atom. The molecule has 1 saturated heterocycles. The van der Waals surface area contributed by atoms with Gasteiger partial charge in [-0.1, -0.05) is 18.2 Å². The average molecular weight is 287 g/mol. The van der Waals surface area contributed by atoms with Crippen molar-refractivity contribution in [3.63, 3.8) is 0 Å². The minimum absolute atomic E-state index is 0.262. The topological polar surface area (TPSA) is 21.3 Å². The minimum atomic E-state index is -4.32. The maximum absolute atomic E-state index is 13.0. The first-order valence-electron chi connectivity index (χ1n) is 6.85. The molecule has 0 amide bonds. The third-order valence-electron chi connectivity index (χ3n) is 3.82. The molecule has 1 aromatic rings. The molecular formula is C15H20F3NO. The Morgan fingerprint density at radius 3 is 2.65 bits per heavy atom. The summed E-state index contributed by atoms with van der Waals surface area (Å²) in [6.45, 7) is 5.03.